The lowest BCUT2D eigenvalue weighted by atomic mass is 10.2. The van der Waals surface area contributed by atoms with Gasteiger partial charge in [-0.2, -0.15) is 5.10 Å². The number of carbonyl (C=O) groups excluding carboxylic acids is 1. The number of amides is 1. The van der Waals surface area contributed by atoms with Gasteiger partial charge in [-0.3, -0.25) is 9.48 Å². The van der Waals surface area contributed by atoms with Gasteiger partial charge >= 0.3 is 0 Å². The molecular weight excluding hydrogens is 362 g/mol. The molecule has 0 N–H and O–H groups in total. The lowest BCUT2D eigenvalue weighted by Crippen LogP contribution is -2.46. The Kier molecular flexibility index (Phi) is 4.09. The van der Waals surface area contributed by atoms with Crippen LogP contribution in [0.2, 0.25) is 0 Å². The fraction of sp³-hybridized carbons (Fsp3) is 0.300. The Morgan fingerprint density at radius 3 is 2.89 bits per heavy atom. The van der Waals surface area contributed by atoms with Crippen molar-refractivity contribution in [2.75, 3.05) is 13.2 Å². The van der Waals surface area contributed by atoms with Crippen LogP contribution < -0.4 is 9.47 Å². The monoisotopic (exact) mass is 381 g/mol. The second-order valence-electron chi connectivity index (χ2n) is 6.70. The van der Waals surface area contributed by atoms with E-state index in [1.807, 2.05) is 45.3 Å². The van der Waals surface area contributed by atoms with E-state index in [1.165, 1.54) is 0 Å². The highest BCUT2D eigenvalue weighted by atomic mass is 32.1. The molecule has 0 aliphatic carbocycles. The number of aromatic nitrogens is 2. The first-order valence-electron chi connectivity index (χ1n) is 9.06. The molecule has 0 bridgehead atoms. The van der Waals surface area contributed by atoms with E-state index in [2.05, 4.69) is 12.1 Å². The van der Waals surface area contributed by atoms with Gasteiger partial charge in [-0.25, -0.2) is 0 Å². The molecule has 5 rings (SSSR count). The predicted molar refractivity (Wildman–Crippen MR) is 102 cm³/mol. The summed E-state index contributed by atoms with van der Waals surface area (Å²) in [6.07, 6.45) is 0.264. The van der Waals surface area contributed by atoms with Crippen molar-refractivity contribution in [2.24, 2.45) is 0 Å². The number of ether oxygens (including phenoxy) is 2. The van der Waals surface area contributed by atoms with Crippen LogP contribution >= 0.6 is 11.3 Å². The van der Waals surface area contributed by atoms with Gasteiger partial charge in [0.25, 0.3) is 5.91 Å². The van der Waals surface area contributed by atoms with Crippen molar-refractivity contribution in [1.82, 2.24) is 14.7 Å². The molecule has 0 saturated heterocycles. The molecule has 0 saturated carbocycles. The summed E-state index contributed by atoms with van der Waals surface area (Å²) in [5.74, 6) is 1.29. The number of benzene rings is 1. The topological polar surface area (TPSA) is 56.6 Å². The normalized spacial score (nSPS) is 18.7. The number of para-hydroxylation sites is 2. The van der Waals surface area contributed by atoms with Gasteiger partial charge in [0.05, 0.1) is 17.1 Å². The summed E-state index contributed by atoms with van der Waals surface area (Å²) < 4.78 is 13.6. The third-order valence-electron chi connectivity index (χ3n) is 4.88. The van der Waals surface area contributed by atoms with Crippen LogP contribution in [0.3, 0.4) is 0 Å². The van der Waals surface area contributed by atoms with Crippen molar-refractivity contribution < 1.29 is 14.3 Å². The Morgan fingerprint density at radius 1 is 1.15 bits per heavy atom. The zero-order chi connectivity index (χ0) is 18.2. The first kappa shape index (κ1) is 16.4. The molecule has 6 nitrogen and oxygen atoms in total. The molecule has 0 radical (unpaired) electrons. The molecule has 0 fully saturated rings. The maximum atomic E-state index is 13.1. The zero-order valence-corrected chi connectivity index (χ0v) is 15.5. The molecule has 2 aromatic heterocycles. The second kappa shape index (κ2) is 6.74. The third kappa shape index (κ3) is 3.08. The molecule has 27 heavy (non-hydrogen) atoms. The fourth-order valence-electron chi connectivity index (χ4n) is 3.54. The maximum absolute atomic E-state index is 13.1. The molecule has 1 amide bonds. The van der Waals surface area contributed by atoms with Crippen LogP contribution in [0.4, 0.5) is 0 Å². The number of thiophene rings is 1. The summed E-state index contributed by atoms with van der Waals surface area (Å²) >= 11 is 1.68. The van der Waals surface area contributed by atoms with Gasteiger partial charge in [0, 0.05) is 13.1 Å². The molecular formula is C20H19N3O3S. The van der Waals surface area contributed by atoms with Gasteiger partial charge in [0.15, 0.2) is 11.5 Å². The molecule has 2 aliphatic rings. The van der Waals surface area contributed by atoms with Crippen molar-refractivity contribution in [3.8, 4) is 22.1 Å². The number of aryl methyl sites for hydroxylation is 1. The molecule has 7 heteroatoms. The van der Waals surface area contributed by atoms with Crippen LogP contribution in [-0.4, -0.2) is 39.8 Å². The van der Waals surface area contributed by atoms with Gasteiger partial charge < -0.3 is 14.4 Å². The van der Waals surface area contributed by atoms with Crippen molar-refractivity contribution in [3.05, 3.63) is 53.5 Å². The van der Waals surface area contributed by atoms with Gasteiger partial charge in [0.1, 0.15) is 12.3 Å². The van der Waals surface area contributed by atoms with Crippen LogP contribution in [-0.2, 0) is 17.9 Å². The molecule has 0 unspecified atom stereocenters. The van der Waals surface area contributed by atoms with Crippen molar-refractivity contribution >= 4 is 17.2 Å². The minimum absolute atomic E-state index is 0.0307. The largest absolute Gasteiger partial charge is 0.485 e. The molecule has 4 heterocycles. The van der Waals surface area contributed by atoms with Crippen molar-refractivity contribution in [2.45, 2.75) is 25.6 Å². The number of fused-ring (bicyclic) bond motifs is 2. The molecule has 3 aromatic rings. The molecule has 1 aromatic carbocycles. The average Bonchev–Trinajstić information content (AvgIpc) is 3.33. The second-order valence-corrected chi connectivity index (χ2v) is 7.65. The Balaban J connectivity index is 1.35. The minimum atomic E-state index is -0.605. The van der Waals surface area contributed by atoms with E-state index in [4.69, 9.17) is 14.6 Å². The highest BCUT2D eigenvalue weighted by Crippen LogP contribution is 2.32. The first-order valence-corrected chi connectivity index (χ1v) is 9.94. The van der Waals surface area contributed by atoms with Gasteiger partial charge in [-0.1, -0.05) is 18.2 Å². The van der Waals surface area contributed by atoms with E-state index < -0.39 is 6.10 Å². The van der Waals surface area contributed by atoms with Crippen molar-refractivity contribution in [3.63, 3.8) is 0 Å². The molecule has 0 spiro atoms. The number of nitrogens with zero attached hydrogens (tertiary/aromatic N) is 3. The Labute approximate surface area is 160 Å². The van der Waals surface area contributed by atoms with Gasteiger partial charge in [-0.15, -0.1) is 11.3 Å². The Hall–Kier alpha value is -2.80. The Morgan fingerprint density at radius 2 is 2.04 bits per heavy atom. The molecule has 2 aliphatic heterocycles. The van der Waals surface area contributed by atoms with Crippen LogP contribution in [0.5, 0.6) is 11.5 Å². The predicted octanol–water partition coefficient (Wildman–Crippen LogP) is 3.18. The van der Waals surface area contributed by atoms with Gasteiger partial charge in [0.2, 0.25) is 6.10 Å². The lowest BCUT2D eigenvalue weighted by Gasteiger charge is -2.30. The van der Waals surface area contributed by atoms with E-state index in [0.29, 0.717) is 24.6 Å². The molecule has 1 atom stereocenters. The van der Waals surface area contributed by atoms with E-state index in [1.54, 1.807) is 11.3 Å². The van der Waals surface area contributed by atoms with E-state index in [0.717, 1.165) is 29.2 Å². The summed E-state index contributed by atoms with van der Waals surface area (Å²) in [6.45, 7) is 2.29. The number of hydrogen-bond donors (Lipinski definition) is 0. The Bertz CT molecular complexity index is 967. The fourth-order valence-corrected chi connectivity index (χ4v) is 4.22. The summed E-state index contributed by atoms with van der Waals surface area (Å²) in [5.41, 5.74) is 2.03. The van der Waals surface area contributed by atoms with Crippen molar-refractivity contribution in [1.29, 1.82) is 0 Å². The summed E-state index contributed by atoms with van der Waals surface area (Å²) in [5, 5.41) is 6.77. The van der Waals surface area contributed by atoms with Crippen LogP contribution in [0.15, 0.2) is 47.8 Å². The van der Waals surface area contributed by atoms with Crippen LogP contribution in [0.25, 0.3) is 10.6 Å². The van der Waals surface area contributed by atoms with Crippen LogP contribution in [0, 0.1) is 0 Å². The quantitative estimate of drug-likeness (QED) is 0.684. The maximum Gasteiger partial charge on any atom is 0.267 e. The first-order chi connectivity index (χ1) is 13.3. The standard InChI is InChI=1S/C20H19N3O3S/c24-20(18-13-25-16-5-1-2-6-17(16)26-18)22-8-4-9-23-14(12-22)11-15(21-23)19-7-3-10-27-19/h1-3,5-7,10-11,18H,4,8-9,12-13H2/t18-/m1/s1. The molecule has 138 valence electrons. The van der Waals surface area contributed by atoms with Gasteiger partial charge in [-0.05, 0) is 36.1 Å². The average molecular weight is 381 g/mol. The number of rotatable bonds is 2. The van der Waals surface area contributed by atoms with E-state index >= 15 is 0 Å². The number of carbonyl (C=O) groups is 1. The summed E-state index contributed by atoms with van der Waals surface area (Å²) in [7, 11) is 0. The van der Waals surface area contributed by atoms with E-state index in [-0.39, 0.29) is 12.5 Å². The summed E-state index contributed by atoms with van der Waals surface area (Å²) in [6, 6.07) is 13.6. The highest BCUT2D eigenvalue weighted by Gasteiger charge is 2.32. The lowest BCUT2D eigenvalue weighted by molar-refractivity contribution is -0.141. The van der Waals surface area contributed by atoms with Crippen LogP contribution in [0.1, 0.15) is 12.1 Å². The number of hydrogen-bond acceptors (Lipinski definition) is 5. The highest BCUT2D eigenvalue weighted by molar-refractivity contribution is 7.13. The van der Waals surface area contributed by atoms with E-state index in [9.17, 15) is 4.79 Å². The summed E-state index contributed by atoms with van der Waals surface area (Å²) in [4.78, 5) is 16.1. The minimum Gasteiger partial charge on any atom is -0.485 e. The zero-order valence-electron chi connectivity index (χ0n) is 14.7. The smallest absolute Gasteiger partial charge is 0.267 e. The SMILES string of the molecule is O=C([C@H]1COc2ccccc2O1)N1CCCn2nc(-c3cccs3)cc2C1. The third-order valence-corrected chi connectivity index (χ3v) is 5.78.